The van der Waals surface area contributed by atoms with Crippen LogP contribution in [0.3, 0.4) is 0 Å². The van der Waals surface area contributed by atoms with Gasteiger partial charge >= 0.3 is 6.61 Å². The van der Waals surface area contributed by atoms with E-state index in [1.165, 1.54) is 42.6 Å². The zero-order valence-corrected chi connectivity index (χ0v) is 25.2. The number of nitrogens with one attached hydrogen (secondary N) is 1. The minimum atomic E-state index is -3.08. The van der Waals surface area contributed by atoms with Gasteiger partial charge in [-0.2, -0.15) is 17.6 Å². The third kappa shape index (κ3) is 6.93. The highest BCUT2D eigenvalue weighted by atomic mass is 32.2. The van der Waals surface area contributed by atoms with Crippen molar-refractivity contribution in [2.24, 2.45) is 5.41 Å². The second-order valence-electron chi connectivity index (χ2n) is 12.1. The first-order valence-corrected chi connectivity index (χ1v) is 15.2. The number of hydrogen-bond donors (Lipinski definition) is 2. The lowest BCUT2D eigenvalue weighted by molar-refractivity contribution is -0.137. The molecule has 14 heteroatoms. The van der Waals surface area contributed by atoms with Crippen LogP contribution in [-0.2, 0) is 17.9 Å². The average molecular weight is 663 g/mol. The Bertz CT molecular complexity index is 1790. The van der Waals surface area contributed by atoms with Crippen molar-refractivity contribution in [3.05, 3.63) is 83.2 Å². The predicted octanol–water partition coefficient (Wildman–Crippen LogP) is 6.91. The van der Waals surface area contributed by atoms with Gasteiger partial charge in [-0.1, -0.05) is 17.8 Å². The lowest BCUT2D eigenvalue weighted by Gasteiger charge is -2.62. The van der Waals surface area contributed by atoms with E-state index in [0.717, 1.165) is 6.07 Å². The number of rotatable bonds is 10. The van der Waals surface area contributed by atoms with Gasteiger partial charge < -0.3 is 20.1 Å². The summed E-state index contributed by atoms with van der Waals surface area (Å²) in [5, 5.41) is 13.3. The Balaban J connectivity index is 1.19. The molecule has 0 bridgehead atoms. The number of anilines is 1. The lowest BCUT2D eigenvalue weighted by atomic mass is 9.56. The molecule has 2 aromatic carbocycles. The van der Waals surface area contributed by atoms with E-state index in [4.69, 9.17) is 0 Å². The van der Waals surface area contributed by atoms with Crippen molar-refractivity contribution in [1.82, 2.24) is 15.3 Å². The Kier molecular flexibility index (Phi) is 8.63. The Morgan fingerprint density at radius 2 is 1.85 bits per heavy atom. The Morgan fingerprint density at radius 1 is 1.09 bits per heavy atom. The molecule has 0 radical (unpaired) electrons. The van der Waals surface area contributed by atoms with E-state index in [-0.39, 0.29) is 62.1 Å². The first kappa shape index (κ1) is 32.1. The number of hydrogen-bond acceptors (Lipinski definition) is 7. The number of alkyl halides is 4. The van der Waals surface area contributed by atoms with Crippen molar-refractivity contribution in [2.75, 3.05) is 18.0 Å². The maximum absolute atomic E-state index is 15.9. The van der Waals surface area contributed by atoms with Crippen LogP contribution >= 0.6 is 11.8 Å². The van der Waals surface area contributed by atoms with Crippen molar-refractivity contribution in [2.45, 2.75) is 55.8 Å². The highest BCUT2D eigenvalue weighted by molar-refractivity contribution is 7.99. The first-order valence-electron chi connectivity index (χ1n) is 14.3. The van der Waals surface area contributed by atoms with Crippen molar-refractivity contribution >= 4 is 34.3 Å². The van der Waals surface area contributed by atoms with Gasteiger partial charge in [-0.05, 0) is 55.7 Å². The molecular weight excluding hydrogens is 634 g/mol. The molecule has 6 rings (SSSR count). The number of pyridine rings is 2. The number of ether oxygens (including phenoxy) is 1. The molecule has 2 aromatic heterocycles. The van der Waals surface area contributed by atoms with Gasteiger partial charge in [0.1, 0.15) is 17.5 Å². The number of carbonyl (C=O) groups is 1. The van der Waals surface area contributed by atoms with Crippen molar-refractivity contribution < 1.29 is 41.0 Å². The highest BCUT2D eigenvalue weighted by Gasteiger charge is 2.57. The fourth-order valence-electron chi connectivity index (χ4n) is 6.49. The molecule has 3 heterocycles. The van der Waals surface area contributed by atoms with E-state index in [2.05, 4.69) is 20.0 Å². The second-order valence-corrected chi connectivity index (χ2v) is 13.1. The number of aromatic nitrogens is 2. The zero-order valence-electron chi connectivity index (χ0n) is 24.4. The van der Waals surface area contributed by atoms with Gasteiger partial charge in [0.05, 0.1) is 30.1 Å². The molecule has 2 aliphatic rings. The van der Waals surface area contributed by atoms with Crippen LogP contribution in [-0.4, -0.2) is 52.0 Å². The number of aliphatic hydroxyl groups is 1. The Hall–Kier alpha value is -3.88. The maximum Gasteiger partial charge on any atom is 0.345 e. The molecular formula is C32H28F6N4O3S. The summed E-state index contributed by atoms with van der Waals surface area (Å²) in [7, 11) is 0. The number of amides is 1. The van der Waals surface area contributed by atoms with Gasteiger partial charge in [-0.15, -0.1) is 0 Å². The van der Waals surface area contributed by atoms with Gasteiger partial charge in [0.25, 0.3) is 11.7 Å². The van der Waals surface area contributed by atoms with Crippen LogP contribution in [0.4, 0.5) is 32.2 Å². The second kappa shape index (κ2) is 12.4. The molecule has 1 aliphatic heterocycles. The summed E-state index contributed by atoms with van der Waals surface area (Å²) in [5.41, 5.74) is -0.200. The fourth-order valence-corrected chi connectivity index (χ4v) is 7.11. The smallest absolute Gasteiger partial charge is 0.345 e. The molecule has 242 valence electrons. The summed E-state index contributed by atoms with van der Waals surface area (Å²) in [6, 6.07) is 10.7. The number of halogens is 6. The van der Waals surface area contributed by atoms with E-state index >= 15 is 4.39 Å². The molecule has 1 saturated heterocycles. The van der Waals surface area contributed by atoms with Crippen molar-refractivity contribution in [1.29, 1.82) is 0 Å². The molecule has 1 aliphatic carbocycles. The van der Waals surface area contributed by atoms with Crippen LogP contribution in [0, 0.1) is 17.0 Å². The SMILES string of the molecule is CC1(O)CC2(CN(c3cc(F)cc(-c4ccc5cnc(CNC(=O)c6cc(COC(F)F)cc(SC(F)F)c6)cc5c4F)n3)C2)C1. The molecule has 1 amide bonds. The summed E-state index contributed by atoms with van der Waals surface area (Å²) in [6.07, 6.45) is 2.74. The summed E-state index contributed by atoms with van der Waals surface area (Å²) in [6.45, 7) is -0.796. The predicted molar refractivity (Wildman–Crippen MR) is 160 cm³/mol. The molecule has 7 nitrogen and oxygen atoms in total. The number of thioether (sulfide) groups is 1. The number of carbonyl (C=O) groups excluding carboxylic acids is 1. The third-order valence-electron chi connectivity index (χ3n) is 8.09. The van der Waals surface area contributed by atoms with Gasteiger partial charge in [0.2, 0.25) is 0 Å². The Morgan fingerprint density at radius 3 is 2.54 bits per heavy atom. The molecule has 4 aromatic rings. The number of benzene rings is 2. The van der Waals surface area contributed by atoms with E-state index in [1.54, 1.807) is 13.0 Å². The van der Waals surface area contributed by atoms with E-state index < -0.39 is 42.1 Å². The minimum absolute atomic E-state index is 0.00661. The van der Waals surface area contributed by atoms with Gasteiger partial charge in [-0.3, -0.25) is 9.78 Å². The normalized spacial score (nSPS) is 16.6. The van der Waals surface area contributed by atoms with Crippen LogP contribution < -0.4 is 10.2 Å². The van der Waals surface area contributed by atoms with Crippen LogP contribution in [0.15, 0.2) is 59.6 Å². The van der Waals surface area contributed by atoms with Crippen LogP contribution in [0.25, 0.3) is 22.0 Å². The number of fused-ring (bicyclic) bond motifs is 1. The lowest BCUT2D eigenvalue weighted by Crippen LogP contribution is -2.67. The van der Waals surface area contributed by atoms with Gasteiger partial charge in [0, 0.05) is 63.6 Å². The van der Waals surface area contributed by atoms with Crippen LogP contribution in [0.2, 0.25) is 0 Å². The van der Waals surface area contributed by atoms with Gasteiger partial charge in [0.15, 0.2) is 0 Å². The number of nitrogens with zero attached hydrogens (tertiary/aromatic N) is 3. The van der Waals surface area contributed by atoms with Crippen LogP contribution in [0.1, 0.15) is 41.4 Å². The largest absolute Gasteiger partial charge is 0.390 e. The highest BCUT2D eigenvalue weighted by Crippen LogP contribution is 2.54. The van der Waals surface area contributed by atoms with Crippen molar-refractivity contribution in [3.63, 3.8) is 0 Å². The molecule has 1 spiro atoms. The Labute approximate surface area is 264 Å². The summed E-state index contributed by atoms with van der Waals surface area (Å²) in [4.78, 5) is 23.6. The molecule has 2 fully saturated rings. The van der Waals surface area contributed by atoms with E-state index in [1.807, 2.05) is 4.90 Å². The van der Waals surface area contributed by atoms with Crippen LogP contribution in [0.5, 0.6) is 0 Å². The molecule has 46 heavy (non-hydrogen) atoms. The maximum atomic E-state index is 15.9. The molecule has 0 atom stereocenters. The monoisotopic (exact) mass is 662 g/mol. The zero-order chi connectivity index (χ0) is 32.8. The summed E-state index contributed by atoms with van der Waals surface area (Å²) in [5.74, 6) is -4.34. The standard InChI is InChI=1S/C32H28F6N4O3S/c1-31(44)13-32(14-31)15-42(16-32)26-8-20(33)7-25(41-26)23-3-2-18-10-39-21(9-24(18)27(23)34)11-40-28(43)19-4-17(12-45-29(35)36)5-22(6-19)46-30(37)38/h2-10,29-30,44H,11-16H2,1H3,(H,40,43). The molecule has 1 saturated carbocycles. The molecule has 2 N–H and O–H groups in total. The summed E-state index contributed by atoms with van der Waals surface area (Å²) < 4.78 is 85.8. The quantitative estimate of drug-likeness (QED) is 0.141. The first-order chi connectivity index (χ1) is 21.8. The van der Waals surface area contributed by atoms with E-state index in [0.29, 0.717) is 37.1 Å². The van der Waals surface area contributed by atoms with E-state index in [9.17, 15) is 31.9 Å². The topological polar surface area (TPSA) is 87.6 Å². The molecule has 0 unspecified atom stereocenters. The fraction of sp³-hybridized carbons (Fsp3) is 0.344. The van der Waals surface area contributed by atoms with Gasteiger partial charge in [-0.25, -0.2) is 13.8 Å². The average Bonchev–Trinajstić information content (AvgIpc) is 2.95. The third-order valence-corrected chi connectivity index (χ3v) is 8.78. The minimum Gasteiger partial charge on any atom is -0.390 e. The van der Waals surface area contributed by atoms with Crippen molar-refractivity contribution in [3.8, 4) is 11.3 Å². The summed E-state index contributed by atoms with van der Waals surface area (Å²) >= 11 is 0.156.